The fraction of sp³-hybridized carbons (Fsp3) is 0.833. The summed E-state index contributed by atoms with van der Waals surface area (Å²) in [6, 6.07) is -0.267. The highest BCUT2D eigenvalue weighted by molar-refractivity contribution is 8.14. The lowest BCUT2D eigenvalue weighted by molar-refractivity contribution is 0.290. The average Bonchev–Trinajstić information content (AvgIpc) is 1.82. The van der Waals surface area contributed by atoms with Crippen molar-refractivity contribution in [2.45, 2.75) is 31.3 Å². The Bertz CT molecular complexity index is 160. The Balaban J connectivity index is 2.69. The minimum atomic E-state index is -0.850. The van der Waals surface area contributed by atoms with Gasteiger partial charge in [-0.1, -0.05) is 11.8 Å². The fourth-order valence-electron chi connectivity index (χ4n) is 0.950. The molecule has 0 aromatic carbocycles. The molecule has 1 aliphatic heterocycles. The zero-order valence-electron chi connectivity index (χ0n) is 6.04. The molecule has 0 aliphatic carbocycles. The number of halogens is 1. The summed E-state index contributed by atoms with van der Waals surface area (Å²) in [5, 5.41) is 0.460. The second-order valence-corrected chi connectivity index (χ2v) is 3.87. The highest BCUT2D eigenvalue weighted by Gasteiger charge is 2.28. The van der Waals surface area contributed by atoms with Crippen molar-refractivity contribution < 1.29 is 4.39 Å². The number of hydrogen-bond acceptors (Lipinski definition) is 3. The van der Waals surface area contributed by atoms with E-state index in [9.17, 15) is 4.39 Å². The van der Waals surface area contributed by atoms with Crippen molar-refractivity contribution in [3.8, 4) is 0 Å². The van der Waals surface area contributed by atoms with Crippen LogP contribution in [0.25, 0.3) is 0 Å². The summed E-state index contributed by atoms with van der Waals surface area (Å²) in [7, 11) is 0. The van der Waals surface area contributed by atoms with Crippen molar-refractivity contribution in [3.63, 3.8) is 0 Å². The first-order chi connectivity index (χ1) is 4.61. The minimum Gasteiger partial charge on any atom is -0.379 e. The number of hydrogen-bond donors (Lipinski definition) is 1. The Labute approximate surface area is 64.1 Å². The van der Waals surface area contributed by atoms with E-state index in [2.05, 4.69) is 4.99 Å². The Morgan fingerprint density at radius 1 is 1.60 bits per heavy atom. The lowest BCUT2D eigenvalue weighted by Gasteiger charge is -2.24. The van der Waals surface area contributed by atoms with Crippen LogP contribution in [0, 0.1) is 0 Å². The molecule has 10 heavy (non-hydrogen) atoms. The van der Waals surface area contributed by atoms with E-state index in [0.29, 0.717) is 5.17 Å². The smallest absolute Gasteiger partial charge is 0.154 e. The number of amidine groups is 1. The van der Waals surface area contributed by atoms with Crippen LogP contribution in [-0.4, -0.2) is 22.6 Å². The molecule has 1 aliphatic rings. The molecule has 0 spiro atoms. The van der Waals surface area contributed by atoms with Crippen LogP contribution < -0.4 is 5.73 Å². The van der Waals surface area contributed by atoms with Gasteiger partial charge in [0.2, 0.25) is 0 Å². The summed E-state index contributed by atoms with van der Waals surface area (Å²) in [6.07, 6.45) is -0.850. The molecule has 3 atom stereocenters. The average molecular weight is 162 g/mol. The molecule has 0 fully saturated rings. The van der Waals surface area contributed by atoms with Crippen LogP contribution in [0.4, 0.5) is 4.39 Å². The summed E-state index contributed by atoms with van der Waals surface area (Å²) in [5.74, 6) is 0. The highest BCUT2D eigenvalue weighted by Crippen LogP contribution is 2.25. The zero-order valence-corrected chi connectivity index (χ0v) is 6.86. The molecule has 0 saturated heterocycles. The van der Waals surface area contributed by atoms with Crippen molar-refractivity contribution in [2.75, 3.05) is 0 Å². The number of thioether (sulfide) groups is 1. The maximum absolute atomic E-state index is 13.0. The van der Waals surface area contributed by atoms with Crippen LogP contribution in [0.5, 0.6) is 0 Å². The third-order valence-electron chi connectivity index (χ3n) is 1.55. The maximum atomic E-state index is 13.0. The van der Waals surface area contributed by atoms with Crippen molar-refractivity contribution in [3.05, 3.63) is 0 Å². The third kappa shape index (κ3) is 1.42. The lowest BCUT2D eigenvalue weighted by Crippen LogP contribution is -2.34. The van der Waals surface area contributed by atoms with Crippen LogP contribution in [0.2, 0.25) is 0 Å². The highest BCUT2D eigenvalue weighted by atomic mass is 32.2. The fourth-order valence-corrected chi connectivity index (χ4v) is 1.92. The van der Waals surface area contributed by atoms with E-state index >= 15 is 0 Å². The van der Waals surface area contributed by atoms with Crippen LogP contribution in [0.15, 0.2) is 4.99 Å². The van der Waals surface area contributed by atoms with E-state index in [1.165, 1.54) is 11.8 Å². The van der Waals surface area contributed by atoms with Gasteiger partial charge in [-0.3, -0.25) is 4.99 Å². The molecule has 4 heteroatoms. The number of nitrogens with two attached hydrogens (primary N) is 1. The minimum absolute atomic E-state index is 0.0486. The summed E-state index contributed by atoms with van der Waals surface area (Å²) >= 11 is 1.31. The summed E-state index contributed by atoms with van der Waals surface area (Å²) in [5.41, 5.74) is 5.42. The molecular weight excluding hydrogens is 151 g/mol. The van der Waals surface area contributed by atoms with Gasteiger partial charge in [-0.15, -0.1) is 0 Å². The molecule has 0 amide bonds. The van der Waals surface area contributed by atoms with Crippen LogP contribution in [-0.2, 0) is 0 Å². The van der Waals surface area contributed by atoms with Gasteiger partial charge in [0.05, 0.1) is 6.04 Å². The molecule has 1 rings (SSSR count). The van der Waals surface area contributed by atoms with Gasteiger partial charge in [-0.05, 0) is 13.8 Å². The van der Waals surface area contributed by atoms with E-state index in [4.69, 9.17) is 5.73 Å². The SMILES string of the molecule is C[C@@H]1N=C(N)S[C@H](C)[C@@H]1F. The largest absolute Gasteiger partial charge is 0.379 e. The Hall–Kier alpha value is -0.250. The molecule has 2 nitrogen and oxygen atoms in total. The van der Waals surface area contributed by atoms with Crippen molar-refractivity contribution >= 4 is 16.9 Å². The van der Waals surface area contributed by atoms with Crippen LogP contribution in [0.3, 0.4) is 0 Å². The summed E-state index contributed by atoms with van der Waals surface area (Å²) in [6.45, 7) is 3.57. The number of aliphatic imine (C=N–C) groups is 1. The molecule has 1 heterocycles. The van der Waals surface area contributed by atoms with Gasteiger partial charge in [0.15, 0.2) is 5.17 Å². The molecule has 0 radical (unpaired) electrons. The monoisotopic (exact) mass is 162 g/mol. The van der Waals surface area contributed by atoms with Gasteiger partial charge >= 0.3 is 0 Å². The van der Waals surface area contributed by atoms with Crippen LogP contribution in [0.1, 0.15) is 13.8 Å². The second kappa shape index (κ2) is 2.78. The zero-order chi connectivity index (χ0) is 7.72. The quantitative estimate of drug-likeness (QED) is 0.580. The molecular formula is C6H11FN2S. The molecule has 0 unspecified atom stereocenters. The standard InChI is InChI=1S/C6H11FN2S/c1-3-5(7)4(2)10-6(8)9-3/h3-5H,1-2H3,(H2,8,9)/t3-,4+,5+/m0/s1. The number of alkyl halides is 1. The molecule has 0 bridgehead atoms. The Kier molecular flexibility index (Phi) is 2.18. The van der Waals surface area contributed by atoms with Crippen molar-refractivity contribution in [2.24, 2.45) is 10.7 Å². The second-order valence-electron chi connectivity index (χ2n) is 2.48. The first-order valence-corrected chi connectivity index (χ1v) is 4.13. The number of rotatable bonds is 0. The Morgan fingerprint density at radius 3 is 2.70 bits per heavy atom. The third-order valence-corrected chi connectivity index (χ3v) is 2.53. The van der Waals surface area contributed by atoms with Crippen molar-refractivity contribution in [1.82, 2.24) is 0 Å². The topological polar surface area (TPSA) is 38.4 Å². The predicted octanol–water partition coefficient (Wildman–Crippen LogP) is 1.16. The van der Waals surface area contributed by atoms with Crippen LogP contribution >= 0.6 is 11.8 Å². The van der Waals surface area contributed by atoms with Gasteiger partial charge in [0.1, 0.15) is 6.17 Å². The summed E-state index contributed by atoms with van der Waals surface area (Å²) < 4.78 is 13.0. The molecule has 0 aromatic heterocycles. The van der Waals surface area contributed by atoms with Gasteiger partial charge in [-0.25, -0.2) is 4.39 Å². The normalized spacial score (nSPS) is 41.1. The maximum Gasteiger partial charge on any atom is 0.154 e. The summed E-state index contributed by atoms with van der Waals surface area (Å²) in [4.78, 5) is 3.90. The number of nitrogens with zero attached hydrogens (tertiary/aromatic N) is 1. The van der Waals surface area contributed by atoms with E-state index in [-0.39, 0.29) is 11.3 Å². The molecule has 2 N–H and O–H groups in total. The van der Waals surface area contributed by atoms with E-state index < -0.39 is 6.17 Å². The molecule has 0 aromatic rings. The molecule has 58 valence electrons. The van der Waals surface area contributed by atoms with Gasteiger partial charge in [-0.2, -0.15) is 0 Å². The van der Waals surface area contributed by atoms with E-state index in [0.717, 1.165) is 0 Å². The Morgan fingerprint density at radius 2 is 2.20 bits per heavy atom. The van der Waals surface area contributed by atoms with Gasteiger partial charge in [0.25, 0.3) is 0 Å². The predicted molar refractivity (Wildman–Crippen MR) is 43.0 cm³/mol. The van der Waals surface area contributed by atoms with E-state index in [1.807, 2.05) is 6.92 Å². The first kappa shape index (κ1) is 7.85. The van der Waals surface area contributed by atoms with Gasteiger partial charge < -0.3 is 5.73 Å². The van der Waals surface area contributed by atoms with Gasteiger partial charge in [0, 0.05) is 5.25 Å². The first-order valence-electron chi connectivity index (χ1n) is 3.25. The molecule has 0 saturated carbocycles. The van der Waals surface area contributed by atoms with E-state index in [1.54, 1.807) is 6.92 Å². The van der Waals surface area contributed by atoms with Crippen molar-refractivity contribution in [1.29, 1.82) is 0 Å². The lowest BCUT2D eigenvalue weighted by atomic mass is 10.1.